The number of phenols is 1. The van der Waals surface area contributed by atoms with Gasteiger partial charge in [0.05, 0.1) is 5.56 Å². The summed E-state index contributed by atoms with van der Waals surface area (Å²) in [7, 11) is 0. The number of carboxylic acids is 1. The van der Waals surface area contributed by atoms with Gasteiger partial charge in [-0.25, -0.2) is 9.86 Å². The second-order valence-electron chi connectivity index (χ2n) is 15.5. The van der Waals surface area contributed by atoms with Crippen LogP contribution >= 0.6 is 12.2 Å². The fourth-order valence-electron chi connectivity index (χ4n) is 6.87. The van der Waals surface area contributed by atoms with Crippen molar-refractivity contribution in [2.24, 2.45) is 0 Å². The third-order valence-corrected chi connectivity index (χ3v) is 10.5. The number of hydroxylamine groups is 2. The standard InChI is InChI=1S/C46H59N7O11S/c1-30(54)47-21-5-2-6-22-48-40(57)17-18-41(58)49-23-7-3-8-24-50-42(59)19-20-43(60)53(63)26-10-4-9-25-51-46(65)52-31-11-14-34(37(27-31)45(61)62)44-35-15-12-32(55)28-38(35)64-39-29-33(56)13-16-36(39)44/h11-16,27-29,55,63H,2-10,17-26H2,1H3,(H,47,54)(H,48,57)(H,49,58)(H,50,59)(H,61,62)(H2,51,52,65). The number of carboxylic acid groups (broad SMARTS) is 1. The zero-order valence-electron chi connectivity index (χ0n) is 36.6. The lowest BCUT2D eigenvalue weighted by molar-refractivity contribution is -0.166. The van der Waals surface area contributed by atoms with Crippen molar-refractivity contribution < 1.29 is 48.6 Å². The molecule has 9 N–H and O–H groups in total. The molecule has 65 heavy (non-hydrogen) atoms. The van der Waals surface area contributed by atoms with Gasteiger partial charge in [0.2, 0.25) is 29.5 Å². The van der Waals surface area contributed by atoms with Gasteiger partial charge in [-0.3, -0.25) is 34.0 Å². The molecule has 0 spiro atoms. The van der Waals surface area contributed by atoms with Gasteiger partial charge in [-0.05, 0) is 112 Å². The molecule has 19 heteroatoms. The minimum absolute atomic E-state index is 0.0284. The van der Waals surface area contributed by atoms with Crippen LogP contribution in [-0.2, 0) is 24.0 Å². The number of thiocarbonyl (C=S) groups is 1. The Bertz CT molecular complexity index is 2320. The summed E-state index contributed by atoms with van der Waals surface area (Å²) in [6.07, 6.45) is 6.50. The Morgan fingerprint density at radius 2 is 1.20 bits per heavy atom. The van der Waals surface area contributed by atoms with Crippen LogP contribution in [0.1, 0.15) is 101 Å². The summed E-state index contributed by atoms with van der Waals surface area (Å²) < 4.78 is 5.89. The van der Waals surface area contributed by atoms with E-state index in [0.29, 0.717) is 97.7 Å². The van der Waals surface area contributed by atoms with Gasteiger partial charge in [-0.1, -0.05) is 6.07 Å². The van der Waals surface area contributed by atoms with E-state index < -0.39 is 11.9 Å². The van der Waals surface area contributed by atoms with Crippen LogP contribution in [0.4, 0.5) is 5.69 Å². The lowest BCUT2D eigenvalue weighted by atomic mass is 9.90. The maximum Gasteiger partial charge on any atom is 0.336 e. The first-order valence-corrected chi connectivity index (χ1v) is 22.3. The van der Waals surface area contributed by atoms with Gasteiger partial charge < -0.3 is 46.5 Å². The quantitative estimate of drug-likeness (QED) is 0.0125. The highest BCUT2D eigenvalue weighted by molar-refractivity contribution is 7.80. The van der Waals surface area contributed by atoms with Crippen LogP contribution in [0.2, 0.25) is 0 Å². The molecule has 0 aromatic heterocycles. The first-order chi connectivity index (χ1) is 31.2. The number of aromatic carboxylic acids is 1. The number of fused-ring (bicyclic) bond motifs is 2. The predicted molar refractivity (Wildman–Crippen MR) is 249 cm³/mol. The molecule has 0 bridgehead atoms. The summed E-state index contributed by atoms with van der Waals surface area (Å²) in [6.45, 7) is 4.06. The van der Waals surface area contributed by atoms with E-state index in [4.69, 9.17) is 16.6 Å². The summed E-state index contributed by atoms with van der Waals surface area (Å²) in [5, 5.41) is 49.0. The van der Waals surface area contributed by atoms with Gasteiger partial charge in [-0.15, -0.1) is 0 Å². The summed E-state index contributed by atoms with van der Waals surface area (Å²) in [5.74, 6) is -2.29. The van der Waals surface area contributed by atoms with E-state index in [2.05, 4.69) is 31.9 Å². The lowest BCUT2D eigenvalue weighted by Crippen LogP contribution is -2.31. The maximum absolute atomic E-state index is 12.5. The first kappa shape index (κ1) is 51.0. The number of amides is 5. The van der Waals surface area contributed by atoms with Gasteiger partial charge >= 0.3 is 5.97 Å². The van der Waals surface area contributed by atoms with Crippen molar-refractivity contribution in [1.82, 2.24) is 31.6 Å². The van der Waals surface area contributed by atoms with Crippen molar-refractivity contribution in [2.45, 2.75) is 90.4 Å². The molecule has 0 saturated heterocycles. The molecule has 18 nitrogen and oxygen atoms in total. The normalized spacial score (nSPS) is 10.9. The topological polar surface area (TPSA) is 269 Å². The highest BCUT2D eigenvalue weighted by Gasteiger charge is 2.23. The first-order valence-electron chi connectivity index (χ1n) is 21.9. The van der Waals surface area contributed by atoms with Gasteiger partial charge in [0.25, 0.3) is 0 Å². The van der Waals surface area contributed by atoms with Crippen molar-refractivity contribution in [2.75, 3.05) is 44.6 Å². The number of unbranched alkanes of at least 4 members (excludes halogenated alkanes) is 6. The average molecular weight is 918 g/mol. The molecule has 2 aliphatic rings. The van der Waals surface area contributed by atoms with Crippen molar-refractivity contribution in [3.05, 3.63) is 70.4 Å². The maximum atomic E-state index is 12.5. The third-order valence-electron chi connectivity index (χ3n) is 10.3. The molecular formula is C46H59N7O11S. The Kier molecular flexibility index (Phi) is 21.1. The van der Waals surface area contributed by atoms with Gasteiger partial charge in [0.1, 0.15) is 17.1 Å². The largest absolute Gasteiger partial charge is 0.508 e. The highest BCUT2D eigenvalue weighted by atomic mass is 32.1. The average Bonchev–Trinajstić information content (AvgIpc) is 3.26. The Hall–Kier alpha value is -6.60. The van der Waals surface area contributed by atoms with E-state index in [9.17, 15) is 49.0 Å². The number of carbonyl (C=O) groups excluding carboxylic acids is 5. The van der Waals surface area contributed by atoms with Gasteiger partial charge in [0, 0.05) is 106 Å². The number of benzene rings is 3. The molecule has 0 atom stereocenters. The number of nitrogens with zero attached hydrogens (tertiary/aromatic N) is 1. The van der Waals surface area contributed by atoms with Crippen LogP contribution in [0.15, 0.2) is 63.8 Å². The molecule has 0 saturated carbocycles. The van der Waals surface area contributed by atoms with Crippen molar-refractivity contribution >= 4 is 69.5 Å². The number of phenolic OH excluding ortho intramolecular Hbond substituents is 1. The monoisotopic (exact) mass is 917 g/mol. The second kappa shape index (κ2) is 26.9. The molecule has 5 amide bonds. The summed E-state index contributed by atoms with van der Waals surface area (Å²) in [5.41, 5.74) is 1.82. The Morgan fingerprint density at radius 3 is 1.80 bits per heavy atom. The van der Waals surface area contributed by atoms with E-state index in [1.807, 2.05) is 0 Å². The van der Waals surface area contributed by atoms with Crippen LogP contribution < -0.4 is 37.3 Å². The van der Waals surface area contributed by atoms with Crippen LogP contribution in [0.5, 0.6) is 5.75 Å². The van der Waals surface area contributed by atoms with Crippen LogP contribution in [-0.4, -0.2) is 100 Å². The van der Waals surface area contributed by atoms with Crippen molar-refractivity contribution in [3.63, 3.8) is 0 Å². The van der Waals surface area contributed by atoms with Gasteiger partial charge in [0.15, 0.2) is 10.5 Å². The molecule has 1 aliphatic heterocycles. The molecule has 1 heterocycles. The number of aromatic hydroxyl groups is 1. The molecule has 2 aromatic rings. The Labute approximate surface area is 382 Å². The molecule has 0 unspecified atom stereocenters. The minimum Gasteiger partial charge on any atom is -0.508 e. The highest BCUT2D eigenvalue weighted by Crippen LogP contribution is 2.42. The third kappa shape index (κ3) is 17.8. The number of carbonyl (C=O) groups is 6. The molecule has 4 rings (SSSR count). The fraction of sp³-hybridized carbons (Fsp3) is 0.435. The van der Waals surface area contributed by atoms with Crippen molar-refractivity contribution in [1.29, 1.82) is 0 Å². The summed E-state index contributed by atoms with van der Waals surface area (Å²) >= 11 is 5.43. The molecular weight excluding hydrogens is 859 g/mol. The van der Waals surface area contributed by atoms with E-state index in [1.165, 1.54) is 37.3 Å². The Balaban J connectivity index is 1.04. The number of anilines is 1. The van der Waals surface area contributed by atoms with E-state index in [-0.39, 0.29) is 89.1 Å². The number of hydrogen-bond donors (Lipinski definition) is 9. The molecule has 1 aliphatic carbocycles. The SMILES string of the molecule is CC(=O)NCCCCCNC(=O)CCC(=O)NCCCCCNC(=O)CCC(=O)N(O)CCCCCNC(=S)Nc1ccc(-c2c3ccc(=O)cc-3oc3cc(O)ccc23)c(C(=O)O)c1. The molecule has 350 valence electrons. The lowest BCUT2D eigenvalue weighted by Gasteiger charge is -2.18. The van der Waals surface area contributed by atoms with E-state index in [1.54, 1.807) is 24.3 Å². The van der Waals surface area contributed by atoms with Crippen molar-refractivity contribution in [3.8, 4) is 28.2 Å². The van der Waals surface area contributed by atoms with Crippen LogP contribution in [0.3, 0.4) is 0 Å². The molecule has 0 radical (unpaired) electrons. The van der Waals surface area contributed by atoms with E-state index in [0.717, 1.165) is 25.7 Å². The zero-order valence-corrected chi connectivity index (χ0v) is 37.4. The summed E-state index contributed by atoms with van der Waals surface area (Å²) in [6, 6.07) is 13.5. The van der Waals surface area contributed by atoms with Crippen LogP contribution in [0.25, 0.3) is 33.4 Å². The van der Waals surface area contributed by atoms with Crippen LogP contribution in [0, 0.1) is 0 Å². The predicted octanol–water partition coefficient (Wildman–Crippen LogP) is 5.03. The number of rotatable bonds is 27. The minimum atomic E-state index is -1.19. The summed E-state index contributed by atoms with van der Waals surface area (Å²) in [4.78, 5) is 84.0. The number of hydrogen-bond acceptors (Lipinski definition) is 11. The van der Waals surface area contributed by atoms with E-state index >= 15 is 0 Å². The fourth-order valence-corrected chi connectivity index (χ4v) is 7.09. The second-order valence-corrected chi connectivity index (χ2v) is 15.9. The molecule has 2 aromatic carbocycles. The number of nitrogens with one attached hydrogen (secondary N) is 6. The smallest absolute Gasteiger partial charge is 0.336 e. The molecule has 0 fully saturated rings. The zero-order chi connectivity index (χ0) is 47.1. The Morgan fingerprint density at radius 1 is 0.646 bits per heavy atom. The van der Waals surface area contributed by atoms with Gasteiger partial charge in [-0.2, -0.15) is 0 Å².